The van der Waals surface area contributed by atoms with Gasteiger partial charge in [0.05, 0.1) is 23.3 Å². The molecule has 3 aromatic rings. The first kappa shape index (κ1) is 22.5. The number of oxime groups is 1. The highest BCUT2D eigenvalue weighted by atomic mass is 32.2. The third kappa shape index (κ3) is 3.86. The number of carbonyl (C=O) groups excluding carboxylic acids is 3. The number of thioether (sulfide) groups is 1. The number of carbonyl (C=O) groups is 3. The molecular weight excluding hydrogens is 480 g/mol. The van der Waals surface area contributed by atoms with E-state index in [1.165, 1.54) is 18.9 Å². The van der Waals surface area contributed by atoms with Crippen molar-refractivity contribution in [3.05, 3.63) is 53.9 Å². The molecule has 0 radical (unpaired) electrons. The highest BCUT2D eigenvalue weighted by molar-refractivity contribution is 8.00. The Morgan fingerprint density at radius 1 is 1.43 bits per heavy atom. The molecule has 2 aliphatic heterocycles. The van der Waals surface area contributed by atoms with E-state index in [1.807, 2.05) is 12.1 Å². The maximum absolute atomic E-state index is 13.0. The first-order chi connectivity index (χ1) is 16.9. The summed E-state index contributed by atoms with van der Waals surface area (Å²) < 4.78 is 12.2. The van der Waals surface area contributed by atoms with Gasteiger partial charge in [0, 0.05) is 17.4 Å². The first-order valence-electron chi connectivity index (χ1n) is 10.3. The van der Waals surface area contributed by atoms with Gasteiger partial charge in [-0.2, -0.15) is 9.55 Å². The van der Waals surface area contributed by atoms with Crippen molar-refractivity contribution in [1.29, 1.82) is 0 Å². The van der Waals surface area contributed by atoms with E-state index >= 15 is 0 Å². The molecule has 1 saturated heterocycles. The van der Waals surface area contributed by atoms with Gasteiger partial charge in [-0.15, -0.1) is 11.8 Å². The highest BCUT2D eigenvalue weighted by Gasteiger charge is 2.53. The van der Waals surface area contributed by atoms with Crippen molar-refractivity contribution in [1.82, 2.24) is 15.2 Å². The zero-order valence-corrected chi connectivity index (χ0v) is 19.0. The number of nitrogen functional groups attached to an aromatic ring is 1. The Bertz CT molecular complexity index is 1410. The molecule has 0 aromatic carbocycles. The summed E-state index contributed by atoms with van der Waals surface area (Å²) in [5.41, 5.74) is 6.06. The number of fused-ring (bicyclic) bond motifs is 2. The first-order valence-corrected chi connectivity index (χ1v) is 11.3. The summed E-state index contributed by atoms with van der Waals surface area (Å²) in [6.45, 7) is 0.187. The molecule has 1 fully saturated rings. The number of β-lactam (4-membered cyclic amide) rings is 1. The number of nitrogens with two attached hydrogens (primary N) is 1. The monoisotopic (exact) mass is 498 g/mol. The van der Waals surface area contributed by atoms with E-state index in [4.69, 9.17) is 19.4 Å². The van der Waals surface area contributed by atoms with Crippen molar-refractivity contribution in [2.24, 2.45) is 5.16 Å². The number of carboxylic acid groups (broad SMARTS) is 1. The topological polar surface area (TPSA) is 180 Å². The van der Waals surface area contributed by atoms with Crippen molar-refractivity contribution in [3.63, 3.8) is 0 Å². The lowest BCUT2D eigenvalue weighted by Crippen LogP contribution is -2.71. The summed E-state index contributed by atoms with van der Waals surface area (Å²) in [7, 11) is 1.24. The number of carboxylic acids is 1. The minimum atomic E-state index is -1.48. The number of aromatic nitrogens is 2. The molecule has 0 spiro atoms. The molecule has 2 atom stereocenters. The lowest BCUT2D eigenvalue weighted by Gasteiger charge is -2.50. The minimum absolute atomic E-state index is 0.0171. The van der Waals surface area contributed by atoms with Crippen LogP contribution in [0.3, 0.4) is 0 Å². The number of nitrogens with one attached hydrogen (secondary N) is 1. The lowest BCUT2D eigenvalue weighted by atomic mass is 10.0. The minimum Gasteiger partial charge on any atom is -0.543 e. The van der Waals surface area contributed by atoms with Gasteiger partial charge in [0.25, 0.3) is 17.8 Å². The SMILES string of the molecule is CO/N=C(/C(=O)NC1C(=O)N2C(C(=O)[O-])=C(C[n+]3cccc4ccoc43)CSC12)c1coc(N)n1. The number of pyridine rings is 1. The van der Waals surface area contributed by atoms with Crippen LogP contribution in [-0.2, 0) is 25.8 Å². The van der Waals surface area contributed by atoms with Crippen LogP contribution in [0.15, 0.2) is 62.2 Å². The van der Waals surface area contributed by atoms with Gasteiger partial charge in [-0.25, -0.2) is 0 Å². The number of rotatable bonds is 7. The number of amides is 2. The van der Waals surface area contributed by atoms with Crippen LogP contribution < -0.4 is 20.7 Å². The summed E-state index contributed by atoms with van der Waals surface area (Å²) in [4.78, 5) is 47.5. The average Bonchev–Trinajstić information content (AvgIpc) is 3.49. The molecule has 35 heavy (non-hydrogen) atoms. The Kier molecular flexibility index (Phi) is 5.64. The molecule has 5 rings (SSSR count). The zero-order valence-electron chi connectivity index (χ0n) is 18.2. The standard InChI is InChI=1S/C21H18N6O7S/c1-32-25-13(12-8-34-21(22)23-12)16(28)24-14-17(29)27-15(20(30)31)11(9-35-19(14)27)7-26-5-2-3-10-4-6-33-18(10)26/h2-6,8,14,19H,7,9H2,1H3,(H3-,22,23,24,28,30,31)/b25-13+. The number of nitrogens with zero attached hydrogens (tertiary/aromatic N) is 4. The van der Waals surface area contributed by atoms with E-state index in [2.05, 4.69) is 15.5 Å². The fraction of sp³-hybridized carbons (Fsp3) is 0.238. The molecule has 2 unspecified atom stereocenters. The van der Waals surface area contributed by atoms with Gasteiger partial charge < -0.3 is 34.6 Å². The highest BCUT2D eigenvalue weighted by Crippen LogP contribution is 2.40. The largest absolute Gasteiger partial charge is 0.543 e. The molecule has 180 valence electrons. The molecule has 0 saturated carbocycles. The van der Waals surface area contributed by atoms with Crippen LogP contribution in [0.5, 0.6) is 0 Å². The third-order valence-electron chi connectivity index (χ3n) is 5.53. The summed E-state index contributed by atoms with van der Waals surface area (Å²) >= 11 is 1.32. The molecule has 0 aliphatic carbocycles. The fourth-order valence-corrected chi connectivity index (χ4v) is 5.35. The van der Waals surface area contributed by atoms with E-state index in [-0.39, 0.29) is 29.7 Å². The van der Waals surface area contributed by atoms with Crippen molar-refractivity contribution >= 4 is 52.4 Å². The summed E-state index contributed by atoms with van der Waals surface area (Å²) in [5, 5.41) is 18.5. The molecule has 3 aromatic heterocycles. The maximum atomic E-state index is 13.0. The Hall–Kier alpha value is -4.33. The molecular formula is C21H18N6O7S. The van der Waals surface area contributed by atoms with Gasteiger partial charge >= 0.3 is 5.71 Å². The Balaban J connectivity index is 1.38. The summed E-state index contributed by atoms with van der Waals surface area (Å²) in [6, 6.07) is 4.32. The molecule has 0 bridgehead atoms. The van der Waals surface area contributed by atoms with Crippen LogP contribution in [-0.4, -0.2) is 57.7 Å². The fourth-order valence-electron chi connectivity index (χ4n) is 4.01. The Morgan fingerprint density at radius 2 is 2.26 bits per heavy atom. The van der Waals surface area contributed by atoms with Gasteiger partial charge in [0.2, 0.25) is 0 Å². The molecule has 2 aliphatic rings. The molecule has 5 heterocycles. The predicted octanol–water partition coefficient (Wildman–Crippen LogP) is -1.25. The number of furan rings is 1. The molecule has 2 amide bonds. The van der Waals surface area contributed by atoms with Crippen LogP contribution in [0.4, 0.5) is 6.01 Å². The van der Waals surface area contributed by atoms with Crippen LogP contribution in [0.2, 0.25) is 0 Å². The second-order valence-electron chi connectivity index (χ2n) is 7.61. The van der Waals surface area contributed by atoms with Gasteiger partial charge in [-0.3, -0.25) is 14.5 Å². The van der Waals surface area contributed by atoms with Gasteiger partial charge in [-0.05, 0) is 12.1 Å². The quantitative estimate of drug-likeness (QED) is 0.173. The zero-order chi connectivity index (χ0) is 24.7. The van der Waals surface area contributed by atoms with E-state index in [0.29, 0.717) is 17.0 Å². The van der Waals surface area contributed by atoms with Crippen LogP contribution >= 0.6 is 11.8 Å². The van der Waals surface area contributed by atoms with Crippen molar-refractivity contribution < 1.29 is 37.7 Å². The lowest BCUT2D eigenvalue weighted by molar-refractivity contribution is -0.669. The normalized spacial score (nSPS) is 20.0. The maximum Gasteiger partial charge on any atom is 0.380 e. The molecule has 13 nitrogen and oxygen atoms in total. The van der Waals surface area contributed by atoms with E-state index in [0.717, 1.165) is 16.5 Å². The average molecular weight is 498 g/mol. The van der Waals surface area contributed by atoms with Gasteiger partial charge in [0.15, 0.2) is 18.5 Å². The van der Waals surface area contributed by atoms with E-state index in [1.54, 1.807) is 23.1 Å². The second kappa shape index (κ2) is 8.79. The predicted molar refractivity (Wildman–Crippen MR) is 118 cm³/mol. The third-order valence-corrected chi connectivity index (χ3v) is 6.87. The van der Waals surface area contributed by atoms with Crippen molar-refractivity contribution in [2.75, 3.05) is 18.6 Å². The number of aliphatic carboxylic acids is 1. The van der Waals surface area contributed by atoms with Gasteiger partial charge in [-0.1, -0.05) is 5.16 Å². The van der Waals surface area contributed by atoms with E-state index in [9.17, 15) is 19.5 Å². The van der Waals surface area contributed by atoms with Crippen molar-refractivity contribution in [3.8, 4) is 0 Å². The van der Waals surface area contributed by atoms with Crippen LogP contribution in [0, 0.1) is 0 Å². The Labute approximate surface area is 201 Å². The Morgan fingerprint density at radius 3 is 2.97 bits per heavy atom. The second-order valence-corrected chi connectivity index (χ2v) is 8.72. The van der Waals surface area contributed by atoms with Crippen LogP contribution in [0.1, 0.15) is 5.69 Å². The number of hydrogen-bond acceptors (Lipinski definition) is 11. The number of oxazole rings is 1. The van der Waals surface area contributed by atoms with Gasteiger partial charge in [0.1, 0.15) is 30.5 Å². The van der Waals surface area contributed by atoms with E-state index < -0.39 is 29.2 Å². The number of hydrogen-bond donors (Lipinski definition) is 2. The smallest absolute Gasteiger partial charge is 0.380 e. The summed E-state index contributed by atoms with van der Waals surface area (Å²) in [6.07, 6.45) is 4.43. The number of anilines is 1. The molecule has 14 heteroatoms. The molecule has 3 N–H and O–H groups in total. The van der Waals surface area contributed by atoms with Crippen molar-refractivity contribution in [2.45, 2.75) is 18.0 Å². The van der Waals surface area contributed by atoms with Crippen LogP contribution in [0.25, 0.3) is 11.1 Å². The summed E-state index contributed by atoms with van der Waals surface area (Å²) in [5.74, 6) is -2.53.